The van der Waals surface area contributed by atoms with E-state index in [0.717, 1.165) is 0 Å². The molecule has 0 unspecified atom stereocenters. The second kappa shape index (κ2) is 4.39. The number of carboxylic acid groups (broad SMARTS) is 1. The van der Waals surface area contributed by atoms with Crippen LogP contribution in [0, 0.1) is 0 Å². The Morgan fingerprint density at radius 3 is 2.85 bits per heavy atom. The minimum Gasteiger partial charge on any atom is -0.481 e. The summed E-state index contributed by atoms with van der Waals surface area (Å²) in [5.74, 6) is -0.528. The monoisotopic (exact) mass is 185 g/mol. The first-order valence-corrected chi connectivity index (χ1v) is 3.93. The maximum atomic E-state index is 10.2. The fraction of sp³-hybridized carbons (Fsp3) is 0.667. The zero-order valence-corrected chi connectivity index (χ0v) is 7.05. The first-order chi connectivity index (χ1) is 6.20. The number of aliphatic carboxylic acids is 1. The van der Waals surface area contributed by atoms with Gasteiger partial charge >= 0.3 is 5.97 Å². The molecule has 1 aromatic heterocycles. The zero-order valence-electron chi connectivity index (χ0n) is 7.05. The van der Waals surface area contributed by atoms with Crippen LogP contribution in [0.3, 0.4) is 0 Å². The van der Waals surface area contributed by atoms with Crippen LogP contribution in [-0.4, -0.2) is 31.3 Å². The van der Waals surface area contributed by atoms with Crippen molar-refractivity contribution in [3.05, 3.63) is 0 Å². The quantitative estimate of drug-likeness (QED) is 0.599. The highest BCUT2D eigenvalue weighted by Gasteiger charge is 2.01. The standard InChI is InChI=1S/C6H11N5O2/c7-6-8-9-10-11(6)4-2-1-3-5(12)13/h1-4H2,(H,12,13)(H2,7,8,10). The van der Waals surface area contributed by atoms with Gasteiger partial charge < -0.3 is 10.8 Å². The van der Waals surface area contributed by atoms with Gasteiger partial charge in [-0.25, -0.2) is 4.68 Å². The molecule has 0 bridgehead atoms. The molecule has 7 heteroatoms. The molecule has 13 heavy (non-hydrogen) atoms. The summed E-state index contributed by atoms with van der Waals surface area (Å²) in [5, 5.41) is 18.8. The highest BCUT2D eigenvalue weighted by molar-refractivity contribution is 5.66. The predicted molar refractivity (Wildman–Crippen MR) is 43.7 cm³/mol. The topological polar surface area (TPSA) is 107 Å². The Bertz CT molecular complexity index is 284. The number of carboxylic acids is 1. The lowest BCUT2D eigenvalue weighted by atomic mass is 10.2. The Morgan fingerprint density at radius 1 is 1.54 bits per heavy atom. The van der Waals surface area contributed by atoms with E-state index in [9.17, 15) is 4.79 Å². The van der Waals surface area contributed by atoms with Crippen LogP contribution in [-0.2, 0) is 11.3 Å². The summed E-state index contributed by atoms with van der Waals surface area (Å²) in [7, 11) is 0. The van der Waals surface area contributed by atoms with E-state index in [2.05, 4.69) is 15.5 Å². The van der Waals surface area contributed by atoms with Crippen molar-refractivity contribution in [2.75, 3.05) is 5.73 Å². The van der Waals surface area contributed by atoms with Gasteiger partial charge in [-0.15, -0.1) is 0 Å². The molecule has 1 rings (SSSR count). The molecule has 0 spiro atoms. The lowest BCUT2D eigenvalue weighted by Gasteiger charge is -1.99. The number of nitrogens with zero attached hydrogens (tertiary/aromatic N) is 4. The van der Waals surface area contributed by atoms with E-state index in [1.807, 2.05) is 0 Å². The van der Waals surface area contributed by atoms with Crippen LogP contribution in [0.25, 0.3) is 0 Å². The van der Waals surface area contributed by atoms with E-state index in [1.165, 1.54) is 4.68 Å². The molecule has 0 fully saturated rings. The summed E-state index contributed by atoms with van der Waals surface area (Å²) in [6, 6.07) is 0. The fourth-order valence-electron chi connectivity index (χ4n) is 0.909. The van der Waals surface area contributed by atoms with Gasteiger partial charge in [0.15, 0.2) is 0 Å². The normalized spacial score (nSPS) is 10.2. The van der Waals surface area contributed by atoms with E-state index in [4.69, 9.17) is 10.8 Å². The molecule has 0 aromatic carbocycles. The van der Waals surface area contributed by atoms with Crippen molar-refractivity contribution in [1.29, 1.82) is 0 Å². The molecule has 3 N–H and O–H groups in total. The number of hydrogen-bond acceptors (Lipinski definition) is 5. The van der Waals surface area contributed by atoms with Crippen molar-refractivity contribution < 1.29 is 9.90 Å². The molecule has 1 aromatic rings. The Hall–Kier alpha value is -1.66. The lowest BCUT2D eigenvalue weighted by molar-refractivity contribution is -0.137. The number of aryl methyl sites for hydroxylation is 1. The highest BCUT2D eigenvalue weighted by Crippen LogP contribution is 2.00. The number of unbranched alkanes of at least 4 members (excludes halogenated alkanes) is 1. The van der Waals surface area contributed by atoms with Crippen LogP contribution in [0.5, 0.6) is 0 Å². The van der Waals surface area contributed by atoms with Gasteiger partial charge in [0.25, 0.3) is 0 Å². The van der Waals surface area contributed by atoms with E-state index >= 15 is 0 Å². The van der Waals surface area contributed by atoms with Gasteiger partial charge in [-0.05, 0) is 23.3 Å². The van der Waals surface area contributed by atoms with Crippen molar-refractivity contribution in [2.45, 2.75) is 25.8 Å². The molecule has 0 aliphatic carbocycles. The molecule has 0 aliphatic rings. The lowest BCUT2D eigenvalue weighted by Crippen LogP contribution is -2.06. The third-order valence-electron chi connectivity index (χ3n) is 1.57. The molecule has 0 saturated carbocycles. The number of carbonyl (C=O) groups is 1. The molecule has 0 radical (unpaired) electrons. The third-order valence-corrected chi connectivity index (χ3v) is 1.57. The van der Waals surface area contributed by atoms with Crippen molar-refractivity contribution in [3.8, 4) is 0 Å². The van der Waals surface area contributed by atoms with Gasteiger partial charge in [0.1, 0.15) is 0 Å². The SMILES string of the molecule is Nc1nnnn1CCCCC(=O)O. The van der Waals surface area contributed by atoms with E-state index in [0.29, 0.717) is 19.4 Å². The average Bonchev–Trinajstić information content (AvgIpc) is 2.45. The van der Waals surface area contributed by atoms with Crippen molar-refractivity contribution in [1.82, 2.24) is 20.2 Å². The first-order valence-electron chi connectivity index (χ1n) is 3.93. The minimum absolute atomic E-state index is 0.169. The third kappa shape index (κ3) is 3.06. The van der Waals surface area contributed by atoms with Crippen molar-refractivity contribution in [2.24, 2.45) is 0 Å². The summed E-state index contributed by atoms with van der Waals surface area (Å²) < 4.78 is 1.45. The molecular formula is C6H11N5O2. The fourth-order valence-corrected chi connectivity index (χ4v) is 0.909. The Balaban J connectivity index is 2.20. The number of rotatable bonds is 5. The average molecular weight is 185 g/mol. The summed E-state index contributed by atoms with van der Waals surface area (Å²) >= 11 is 0. The van der Waals surface area contributed by atoms with Crippen LogP contribution >= 0.6 is 0 Å². The first kappa shape index (κ1) is 9.43. The van der Waals surface area contributed by atoms with Crippen molar-refractivity contribution in [3.63, 3.8) is 0 Å². The number of nitrogens with two attached hydrogens (primary N) is 1. The van der Waals surface area contributed by atoms with Gasteiger partial charge in [-0.1, -0.05) is 5.10 Å². The summed E-state index contributed by atoms with van der Waals surface area (Å²) in [6.07, 6.45) is 1.48. The second-order valence-corrected chi connectivity index (χ2v) is 2.61. The summed E-state index contributed by atoms with van der Waals surface area (Å²) in [5.41, 5.74) is 5.39. The highest BCUT2D eigenvalue weighted by atomic mass is 16.4. The molecule has 0 saturated heterocycles. The number of nitrogen functional groups attached to an aromatic ring is 1. The van der Waals surface area contributed by atoms with E-state index in [-0.39, 0.29) is 12.4 Å². The van der Waals surface area contributed by atoms with Crippen molar-refractivity contribution >= 4 is 11.9 Å². The Kier molecular flexibility index (Phi) is 3.18. The van der Waals surface area contributed by atoms with Crippen LogP contribution in [0.15, 0.2) is 0 Å². The number of tetrazole rings is 1. The van der Waals surface area contributed by atoms with E-state index in [1.54, 1.807) is 0 Å². The smallest absolute Gasteiger partial charge is 0.303 e. The maximum Gasteiger partial charge on any atom is 0.303 e. The maximum absolute atomic E-state index is 10.2. The summed E-state index contributed by atoms with van der Waals surface area (Å²) in [4.78, 5) is 10.2. The van der Waals surface area contributed by atoms with Crippen LogP contribution < -0.4 is 5.73 Å². The number of aromatic nitrogens is 4. The van der Waals surface area contributed by atoms with Gasteiger partial charge in [0.2, 0.25) is 5.95 Å². The Morgan fingerprint density at radius 2 is 2.31 bits per heavy atom. The minimum atomic E-state index is -0.787. The van der Waals surface area contributed by atoms with Gasteiger partial charge in [-0.3, -0.25) is 4.79 Å². The molecule has 1 heterocycles. The van der Waals surface area contributed by atoms with Gasteiger partial charge in [0.05, 0.1) is 0 Å². The number of hydrogen-bond donors (Lipinski definition) is 2. The van der Waals surface area contributed by atoms with Gasteiger partial charge in [-0.2, -0.15) is 0 Å². The van der Waals surface area contributed by atoms with Crippen LogP contribution in [0.1, 0.15) is 19.3 Å². The second-order valence-electron chi connectivity index (χ2n) is 2.61. The molecule has 0 aliphatic heterocycles. The van der Waals surface area contributed by atoms with Crippen LogP contribution in [0.4, 0.5) is 5.95 Å². The van der Waals surface area contributed by atoms with Gasteiger partial charge in [0, 0.05) is 13.0 Å². The molecule has 0 amide bonds. The van der Waals surface area contributed by atoms with E-state index < -0.39 is 5.97 Å². The Labute approximate surface area is 74.5 Å². The molecule has 7 nitrogen and oxygen atoms in total. The molecule has 0 atom stereocenters. The molecular weight excluding hydrogens is 174 g/mol. The molecule has 72 valence electrons. The predicted octanol–water partition coefficient (Wildman–Crippen LogP) is -0.490. The summed E-state index contributed by atoms with van der Waals surface area (Å²) in [6.45, 7) is 0.562. The number of anilines is 1. The zero-order chi connectivity index (χ0) is 9.68. The van der Waals surface area contributed by atoms with Crippen LogP contribution in [0.2, 0.25) is 0 Å². The largest absolute Gasteiger partial charge is 0.481 e.